The van der Waals surface area contributed by atoms with Crippen molar-refractivity contribution in [2.75, 3.05) is 11.9 Å². The summed E-state index contributed by atoms with van der Waals surface area (Å²) in [7, 11) is 0. The minimum Gasteiger partial charge on any atom is -0.346 e. The summed E-state index contributed by atoms with van der Waals surface area (Å²) in [6.45, 7) is 1.72. The van der Waals surface area contributed by atoms with Gasteiger partial charge in [-0.3, -0.25) is 9.59 Å². The highest BCUT2D eigenvalue weighted by Gasteiger charge is 2.19. The third kappa shape index (κ3) is 4.64. The van der Waals surface area contributed by atoms with Crippen LogP contribution in [0.25, 0.3) is 0 Å². The molecule has 0 aliphatic rings. The third-order valence-corrected chi connectivity index (χ3v) is 3.50. The Morgan fingerprint density at radius 3 is 2.35 bits per heavy atom. The molecule has 0 fully saturated rings. The van der Waals surface area contributed by atoms with Crippen molar-refractivity contribution in [1.82, 2.24) is 5.32 Å². The second-order valence-electron chi connectivity index (χ2n) is 5.12. The summed E-state index contributed by atoms with van der Waals surface area (Å²) in [5, 5.41) is 5.03. The number of anilines is 1. The molecule has 2 N–H and O–H groups in total. The maximum atomic E-state index is 13.5. The minimum absolute atomic E-state index is 0.0989. The summed E-state index contributed by atoms with van der Waals surface area (Å²) in [5.74, 6) is -1.51. The van der Waals surface area contributed by atoms with E-state index in [-0.39, 0.29) is 24.1 Å². The summed E-state index contributed by atoms with van der Waals surface area (Å²) < 4.78 is 13.5. The lowest BCUT2D eigenvalue weighted by molar-refractivity contribution is -0.125. The van der Waals surface area contributed by atoms with Crippen molar-refractivity contribution in [1.29, 1.82) is 0 Å². The van der Waals surface area contributed by atoms with Crippen molar-refractivity contribution in [3.63, 3.8) is 0 Å². The number of carbonyl (C=O) groups excluding carboxylic acids is 2. The Morgan fingerprint density at radius 1 is 1.04 bits per heavy atom. The summed E-state index contributed by atoms with van der Waals surface area (Å²) in [6.07, 6.45) is 0.630. The zero-order chi connectivity index (χ0) is 16.7. The molecule has 0 saturated heterocycles. The van der Waals surface area contributed by atoms with Crippen molar-refractivity contribution in [2.45, 2.75) is 19.3 Å². The third-order valence-electron chi connectivity index (χ3n) is 3.50. The van der Waals surface area contributed by atoms with Gasteiger partial charge in [-0.05, 0) is 24.1 Å². The summed E-state index contributed by atoms with van der Waals surface area (Å²) in [4.78, 5) is 24.1. The zero-order valence-corrected chi connectivity index (χ0v) is 12.9. The molecule has 0 heterocycles. The van der Waals surface area contributed by atoms with Gasteiger partial charge in [0.25, 0.3) is 0 Å². The number of para-hydroxylation sites is 1. The van der Waals surface area contributed by atoms with Gasteiger partial charge in [-0.2, -0.15) is 0 Å². The molecule has 2 aromatic rings. The Bertz CT molecular complexity index is 674. The lowest BCUT2D eigenvalue weighted by Gasteiger charge is -2.15. The fourth-order valence-corrected chi connectivity index (χ4v) is 2.31. The molecule has 2 amide bonds. The normalized spacial score (nSPS) is 11.6. The number of nitrogens with one attached hydrogen (secondary N) is 2. The van der Waals surface area contributed by atoms with Gasteiger partial charge in [-0.1, -0.05) is 49.4 Å². The first-order chi connectivity index (χ1) is 11.1. The molecule has 0 aromatic heterocycles. The average molecular weight is 314 g/mol. The van der Waals surface area contributed by atoms with Gasteiger partial charge in [-0.15, -0.1) is 0 Å². The highest BCUT2D eigenvalue weighted by Crippen LogP contribution is 2.19. The first-order valence-electron chi connectivity index (χ1n) is 7.49. The van der Waals surface area contributed by atoms with Crippen LogP contribution in [-0.2, 0) is 9.59 Å². The molecule has 0 unspecified atom stereocenters. The number of carbonyl (C=O) groups is 2. The van der Waals surface area contributed by atoms with E-state index < -0.39 is 11.7 Å². The molecule has 2 aromatic carbocycles. The van der Waals surface area contributed by atoms with E-state index in [4.69, 9.17) is 0 Å². The van der Waals surface area contributed by atoms with Gasteiger partial charge in [0.2, 0.25) is 11.8 Å². The monoisotopic (exact) mass is 314 g/mol. The Morgan fingerprint density at radius 2 is 1.70 bits per heavy atom. The molecule has 5 heteroatoms. The smallest absolute Gasteiger partial charge is 0.243 e. The Kier molecular flexibility index (Phi) is 5.86. The molecule has 4 nitrogen and oxygen atoms in total. The number of benzene rings is 2. The number of amides is 2. The van der Waals surface area contributed by atoms with Crippen LogP contribution in [0.5, 0.6) is 0 Å². The quantitative estimate of drug-likeness (QED) is 0.861. The van der Waals surface area contributed by atoms with Gasteiger partial charge in [0.1, 0.15) is 5.82 Å². The van der Waals surface area contributed by atoms with E-state index in [9.17, 15) is 14.0 Å². The highest BCUT2D eigenvalue weighted by molar-refractivity contribution is 5.95. The topological polar surface area (TPSA) is 58.2 Å². The van der Waals surface area contributed by atoms with E-state index in [2.05, 4.69) is 10.6 Å². The molecule has 0 bridgehead atoms. The SMILES string of the molecule is CC[C@H](C(=O)NCC(=O)Nc1ccccc1F)c1ccccc1. The van der Waals surface area contributed by atoms with Gasteiger partial charge in [0.15, 0.2) is 0 Å². The fraction of sp³-hybridized carbons (Fsp3) is 0.222. The summed E-state index contributed by atoms with van der Waals surface area (Å²) in [5.41, 5.74) is 1.00. The second kappa shape index (κ2) is 8.08. The Labute approximate surface area is 134 Å². The molecule has 0 radical (unpaired) electrons. The zero-order valence-electron chi connectivity index (χ0n) is 12.9. The lowest BCUT2D eigenvalue weighted by atomic mass is 9.96. The van der Waals surface area contributed by atoms with E-state index in [1.807, 2.05) is 37.3 Å². The van der Waals surface area contributed by atoms with Gasteiger partial charge in [0.05, 0.1) is 18.2 Å². The van der Waals surface area contributed by atoms with Crippen LogP contribution in [0.15, 0.2) is 54.6 Å². The number of rotatable bonds is 6. The van der Waals surface area contributed by atoms with Crippen molar-refractivity contribution in [3.8, 4) is 0 Å². The van der Waals surface area contributed by atoms with Gasteiger partial charge >= 0.3 is 0 Å². The second-order valence-corrected chi connectivity index (χ2v) is 5.12. The molecule has 1 atom stereocenters. The van der Waals surface area contributed by atoms with Crippen LogP contribution < -0.4 is 10.6 Å². The first-order valence-corrected chi connectivity index (χ1v) is 7.49. The predicted molar refractivity (Wildman–Crippen MR) is 87.5 cm³/mol. The van der Waals surface area contributed by atoms with Crippen molar-refractivity contribution >= 4 is 17.5 Å². The van der Waals surface area contributed by atoms with Crippen molar-refractivity contribution < 1.29 is 14.0 Å². The number of halogens is 1. The number of hydrogen-bond acceptors (Lipinski definition) is 2. The van der Waals surface area contributed by atoms with Crippen LogP contribution in [0.4, 0.5) is 10.1 Å². The Hall–Kier alpha value is -2.69. The molecule has 120 valence electrons. The predicted octanol–water partition coefficient (Wildman–Crippen LogP) is 3.07. The van der Waals surface area contributed by atoms with Crippen LogP contribution in [0.2, 0.25) is 0 Å². The summed E-state index contributed by atoms with van der Waals surface area (Å²) >= 11 is 0. The van der Waals surface area contributed by atoms with Crippen LogP contribution in [-0.4, -0.2) is 18.4 Å². The van der Waals surface area contributed by atoms with E-state index in [0.717, 1.165) is 5.56 Å². The van der Waals surface area contributed by atoms with Crippen LogP contribution >= 0.6 is 0 Å². The lowest BCUT2D eigenvalue weighted by Crippen LogP contribution is -2.36. The van der Waals surface area contributed by atoms with Crippen molar-refractivity contribution in [3.05, 3.63) is 66.0 Å². The van der Waals surface area contributed by atoms with E-state index in [1.165, 1.54) is 12.1 Å². The highest BCUT2D eigenvalue weighted by atomic mass is 19.1. The van der Waals surface area contributed by atoms with E-state index in [1.54, 1.807) is 12.1 Å². The standard InChI is InChI=1S/C18H19FN2O2/c1-2-14(13-8-4-3-5-9-13)18(23)20-12-17(22)21-16-11-7-6-10-15(16)19/h3-11,14H,2,12H2,1H3,(H,20,23)(H,21,22)/t14-/m0/s1. The molecule has 2 rings (SSSR count). The molecular weight excluding hydrogens is 295 g/mol. The first kappa shape index (κ1) is 16.7. The molecule has 0 aliphatic carbocycles. The van der Waals surface area contributed by atoms with Gasteiger partial charge < -0.3 is 10.6 Å². The molecule has 0 aliphatic heterocycles. The number of hydrogen-bond donors (Lipinski definition) is 2. The molecule has 23 heavy (non-hydrogen) atoms. The summed E-state index contributed by atoms with van der Waals surface area (Å²) in [6, 6.07) is 15.3. The maximum Gasteiger partial charge on any atom is 0.243 e. The Balaban J connectivity index is 1.90. The van der Waals surface area contributed by atoms with Gasteiger partial charge in [-0.25, -0.2) is 4.39 Å². The maximum absolute atomic E-state index is 13.5. The van der Waals surface area contributed by atoms with E-state index >= 15 is 0 Å². The molecule has 0 spiro atoms. The van der Waals surface area contributed by atoms with Crippen LogP contribution in [0, 0.1) is 5.82 Å². The van der Waals surface area contributed by atoms with Crippen LogP contribution in [0.1, 0.15) is 24.8 Å². The molecular formula is C18H19FN2O2. The molecule has 0 saturated carbocycles. The average Bonchev–Trinajstić information content (AvgIpc) is 2.57. The minimum atomic E-state index is -0.511. The fourth-order valence-electron chi connectivity index (χ4n) is 2.31. The van der Waals surface area contributed by atoms with E-state index in [0.29, 0.717) is 6.42 Å². The largest absolute Gasteiger partial charge is 0.346 e. The van der Waals surface area contributed by atoms with Crippen LogP contribution in [0.3, 0.4) is 0 Å². The van der Waals surface area contributed by atoms with Crippen molar-refractivity contribution in [2.24, 2.45) is 0 Å². The van der Waals surface area contributed by atoms with Gasteiger partial charge in [0, 0.05) is 0 Å².